The molecule has 3 nitrogen and oxygen atoms in total. The van der Waals surface area contributed by atoms with Gasteiger partial charge in [0.1, 0.15) is 0 Å². The summed E-state index contributed by atoms with van der Waals surface area (Å²) in [6, 6.07) is 3.32. The Morgan fingerprint density at radius 2 is 1.79 bits per heavy atom. The molecule has 6 heteroatoms. The van der Waals surface area contributed by atoms with Crippen LogP contribution < -0.4 is 5.32 Å². The van der Waals surface area contributed by atoms with Crippen molar-refractivity contribution in [1.29, 1.82) is 0 Å². The second kappa shape index (κ2) is 5.43. The first kappa shape index (κ1) is 14.2. The lowest BCUT2D eigenvalue weighted by Crippen LogP contribution is -2.31. The molecule has 0 spiro atoms. The number of carbonyl (C=O) groups excluding carboxylic acids is 1. The maximum atomic E-state index is 13.1. The van der Waals surface area contributed by atoms with Crippen LogP contribution in [0.2, 0.25) is 0 Å². The number of likely N-dealkylation sites (tertiary alicyclic amines) is 1. The van der Waals surface area contributed by atoms with Gasteiger partial charge in [-0.1, -0.05) is 0 Å². The van der Waals surface area contributed by atoms with Crippen LogP contribution in [0, 0.1) is 23.5 Å². The van der Waals surface area contributed by atoms with Crippen molar-refractivity contribution in [3.63, 3.8) is 0 Å². The van der Waals surface area contributed by atoms with Gasteiger partial charge in [0, 0.05) is 31.7 Å². The van der Waals surface area contributed by atoms with Crippen LogP contribution in [-0.4, -0.2) is 37.0 Å². The van der Waals surface area contributed by atoms with E-state index in [0.29, 0.717) is 24.9 Å². The van der Waals surface area contributed by atoms with Crippen molar-refractivity contribution in [3.05, 3.63) is 35.4 Å². The highest BCUT2D eigenvalue weighted by atomic mass is 35.5. The third-order valence-corrected chi connectivity index (χ3v) is 3.84. The van der Waals surface area contributed by atoms with Crippen LogP contribution in [0.3, 0.4) is 0 Å². The van der Waals surface area contributed by atoms with E-state index in [1.54, 1.807) is 4.90 Å². The van der Waals surface area contributed by atoms with Crippen LogP contribution >= 0.6 is 12.4 Å². The van der Waals surface area contributed by atoms with E-state index in [2.05, 4.69) is 5.32 Å². The normalized spacial score (nSPS) is 25.1. The number of hydrogen-bond acceptors (Lipinski definition) is 2. The van der Waals surface area contributed by atoms with Gasteiger partial charge in [-0.2, -0.15) is 0 Å². The highest BCUT2D eigenvalue weighted by Gasteiger charge is 2.38. The highest BCUT2D eigenvalue weighted by Crippen LogP contribution is 2.27. The van der Waals surface area contributed by atoms with E-state index in [9.17, 15) is 13.6 Å². The molecule has 2 heterocycles. The zero-order chi connectivity index (χ0) is 12.7. The quantitative estimate of drug-likeness (QED) is 0.853. The first-order valence-corrected chi connectivity index (χ1v) is 6.10. The molecule has 19 heavy (non-hydrogen) atoms. The maximum Gasteiger partial charge on any atom is 0.253 e. The molecule has 0 aliphatic carbocycles. The van der Waals surface area contributed by atoms with Gasteiger partial charge in [0.05, 0.1) is 0 Å². The molecule has 2 saturated heterocycles. The summed E-state index contributed by atoms with van der Waals surface area (Å²) in [5, 5.41) is 3.29. The molecule has 104 valence electrons. The van der Waals surface area contributed by atoms with Crippen LogP contribution in [0.5, 0.6) is 0 Å². The van der Waals surface area contributed by atoms with Crippen LogP contribution in [0.4, 0.5) is 8.78 Å². The van der Waals surface area contributed by atoms with E-state index in [-0.39, 0.29) is 23.9 Å². The van der Waals surface area contributed by atoms with E-state index in [4.69, 9.17) is 0 Å². The van der Waals surface area contributed by atoms with Crippen molar-refractivity contribution in [2.24, 2.45) is 11.8 Å². The first-order chi connectivity index (χ1) is 8.65. The number of halogens is 3. The third-order valence-electron chi connectivity index (χ3n) is 3.84. The summed E-state index contributed by atoms with van der Waals surface area (Å²) in [7, 11) is 0. The van der Waals surface area contributed by atoms with Gasteiger partial charge in [0.25, 0.3) is 5.91 Å². The lowest BCUT2D eigenvalue weighted by molar-refractivity contribution is 0.0781. The minimum absolute atomic E-state index is 0. The summed E-state index contributed by atoms with van der Waals surface area (Å²) in [6.07, 6.45) is 0. The molecule has 0 bridgehead atoms. The van der Waals surface area contributed by atoms with Crippen LogP contribution in [0.15, 0.2) is 18.2 Å². The summed E-state index contributed by atoms with van der Waals surface area (Å²) in [5.41, 5.74) is 0.224. The van der Waals surface area contributed by atoms with Gasteiger partial charge in [0.2, 0.25) is 0 Å². The average molecular weight is 289 g/mol. The highest BCUT2D eigenvalue weighted by molar-refractivity contribution is 5.94. The maximum absolute atomic E-state index is 13.1. The van der Waals surface area contributed by atoms with Gasteiger partial charge in [-0.05, 0) is 30.0 Å². The molecular weight excluding hydrogens is 274 g/mol. The minimum atomic E-state index is -0.970. The van der Waals surface area contributed by atoms with Gasteiger partial charge in [-0.25, -0.2) is 8.78 Å². The number of fused-ring (bicyclic) bond motifs is 1. The standard InChI is InChI=1S/C13H14F2N2O.ClH/c14-11-2-1-8(3-12(11)15)13(18)17-6-9-4-16-5-10(9)7-17;/h1-3,9-10,16H,4-7H2;1H/t9-,10+;. The van der Waals surface area contributed by atoms with E-state index >= 15 is 0 Å². The molecule has 1 N–H and O–H groups in total. The van der Waals surface area contributed by atoms with Crippen LogP contribution in [0.1, 0.15) is 10.4 Å². The number of nitrogens with one attached hydrogen (secondary N) is 1. The summed E-state index contributed by atoms with van der Waals surface area (Å²) in [4.78, 5) is 13.9. The second-order valence-electron chi connectivity index (χ2n) is 5.02. The minimum Gasteiger partial charge on any atom is -0.338 e. The molecule has 0 unspecified atom stereocenters. The van der Waals surface area contributed by atoms with Gasteiger partial charge < -0.3 is 10.2 Å². The molecule has 2 atom stereocenters. The Morgan fingerprint density at radius 3 is 2.37 bits per heavy atom. The van der Waals surface area contributed by atoms with Gasteiger partial charge in [-0.15, -0.1) is 12.4 Å². The molecule has 3 rings (SSSR count). The van der Waals surface area contributed by atoms with Gasteiger partial charge in [0.15, 0.2) is 11.6 Å². The number of hydrogen-bond donors (Lipinski definition) is 1. The molecule has 2 aliphatic heterocycles. The molecule has 2 aliphatic rings. The molecule has 0 radical (unpaired) electrons. The van der Waals surface area contributed by atoms with Crippen molar-refractivity contribution in [3.8, 4) is 0 Å². The van der Waals surface area contributed by atoms with E-state index in [1.807, 2.05) is 0 Å². The van der Waals surface area contributed by atoms with E-state index < -0.39 is 11.6 Å². The van der Waals surface area contributed by atoms with Gasteiger partial charge in [-0.3, -0.25) is 4.79 Å². The summed E-state index contributed by atoms with van der Waals surface area (Å²) in [5.74, 6) is -1.10. The lowest BCUT2D eigenvalue weighted by atomic mass is 10.0. The number of carbonyl (C=O) groups is 1. The predicted molar refractivity (Wildman–Crippen MR) is 69.4 cm³/mol. The van der Waals surface area contributed by atoms with E-state index in [0.717, 1.165) is 25.2 Å². The van der Waals surface area contributed by atoms with Crippen molar-refractivity contribution in [1.82, 2.24) is 10.2 Å². The Balaban J connectivity index is 0.00000133. The zero-order valence-electron chi connectivity index (χ0n) is 10.2. The molecule has 1 aromatic rings. The Morgan fingerprint density at radius 1 is 1.16 bits per heavy atom. The lowest BCUT2D eigenvalue weighted by Gasteiger charge is -2.17. The largest absolute Gasteiger partial charge is 0.338 e. The Kier molecular flexibility index (Phi) is 4.06. The fraction of sp³-hybridized carbons (Fsp3) is 0.462. The van der Waals surface area contributed by atoms with Crippen molar-refractivity contribution in [2.45, 2.75) is 0 Å². The summed E-state index contributed by atoms with van der Waals surface area (Å²) >= 11 is 0. The molecule has 2 fully saturated rings. The number of benzene rings is 1. The second-order valence-corrected chi connectivity index (χ2v) is 5.02. The SMILES string of the molecule is Cl.O=C(c1ccc(F)c(F)c1)N1C[C@H]2CNC[C@H]2C1. The average Bonchev–Trinajstić information content (AvgIpc) is 2.92. The third kappa shape index (κ3) is 2.58. The monoisotopic (exact) mass is 288 g/mol. The first-order valence-electron chi connectivity index (χ1n) is 6.10. The predicted octanol–water partition coefficient (Wildman–Crippen LogP) is 1.68. The zero-order valence-corrected chi connectivity index (χ0v) is 11.1. The number of amides is 1. The fourth-order valence-corrected chi connectivity index (χ4v) is 2.83. The molecular formula is C13H15ClF2N2O. The van der Waals surface area contributed by atoms with Crippen molar-refractivity contribution < 1.29 is 13.6 Å². The van der Waals surface area contributed by atoms with Crippen LogP contribution in [-0.2, 0) is 0 Å². The Labute approximate surface area is 116 Å². The van der Waals surface area contributed by atoms with Crippen LogP contribution in [0.25, 0.3) is 0 Å². The summed E-state index contributed by atoms with van der Waals surface area (Å²) in [6.45, 7) is 3.28. The molecule has 1 aromatic carbocycles. The smallest absolute Gasteiger partial charge is 0.253 e. The number of rotatable bonds is 1. The topological polar surface area (TPSA) is 32.3 Å². The van der Waals surface area contributed by atoms with Crippen molar-refractivity contribution >= 4 is 18.3 Å². The molecule has 1 amide bonds. The Hall–Kier alpha value is -1.20. The van der Waals surface area contributed by atoms with Gasteiger partial charge >= 0.3 is 0 Å². The summed E-state index contributed by atoms with van der Waals surface area (Å²) < 4.78 is 25.9. The fourth-order valence-electron chi connectivity index (χ4n) is 2.83. The Bertz CT molecular complexity index is 486. The number of nitrogens with zero attached hydrogens (tertiary/aromatic N) is 1. The molecule has 0 aromatic heterocycles. The van der Waals surface area contributed by atoms with Crippen molar-refractivity contribution in [2.75, 3.05) is 26.2 Å². The molecule has 0 saturated carbocycles. The van der Waals surface area contributed by atoms with E-state index in [1.165, 1.54) is 6.07 Å².